The van der Waals surface area contributed by atoms with Crippen LogP contribution in [0.15, 0.2) is 35.2 Å². The minimum absolute atomic E-state index is 0.0181. The highest BCUT2D eigenvalue weighted by molar-refractivity contribution is 7.92. The first-order chi connectivity index (χ1) is 13.8. The molecular weight excluding hydrogens is 392 g/mol. The molecular formula is C21H26N2O5S. The average molecular weight is 419 g/mol. The number of rotatable bonds is 7. The van der Waals surface area contributed by atoms with Gasteiger partial charge in [-0.2, -0.15) is 0 Å². The standard InChI is InChI=1S/C21H26N2O5S/c1-5-28-21-14(2)10-18(11-15(21)3)29(25,26)22-17-6-7-19-16(12-17)8-9-23(19)20(24)13-27-4/h6-7,10-12,22H,5,8-9,13H2,1-4H3. The molecule has 1 aliphatic rings. The van der Waals surface area contributed by atoms with Crippen LogP contribution in [0, 0.1) is 13.8 Å². The van der Waals surface area contributed by atoms with E-state index in [1.807, 2.05) is 20.8 Å². The fourth-order valence-electron chi connectivity index (χ4n) is 3.58. The minimum atomic E-state index is -3.75. The van der Waals surface area contributed by atoms with Crippen molar-refractivity contribution in [1.82, 2.24) is 0 Å². The van der Waals surface area contributed by atoms with Gasteiger partial charge in [-0.1, -0.05) is 0 Å². The molecule has 0 spiro atoms. The molecule has 8 heteroatoms. The normalized spacial score (nSPS) is 13.3. The number of anilines is 2. The van der Waals surface area contributed by atoms with E-state index in [-0.39, 0.29) is 17.4 Å². The molecule has 2 aromatic carbocycles. The van der Waals surface area contributed by atoms with Crippen LogP contribution < -0.4 is 14.4 Å². The molecule has 0 fully saturated rings. The van der Waals surface area contributed by atoms with Crippen LogP contribution in [-0.2, 0) is 26.0 Å². The first-order valence-electron chi connectivity index (χ1n) is 9.46. The van der Waals surface area contributed by atoms with Crippen molar-refractivity contribution >= 4 is 27.3 Å². The largest absolute Gasteiger partial charge is 0.493 e. The number of fused-ring (bicyclic) bond motifs is 1. The number of methoxy groups -OCH3 is 1. The maximum absolute atomic E-state index is 12.9. The summed E-state index contributed by atoms with van der Waals surface area (Å²) >= 11 is 0. The highest BCUT2D eigenvalue weighted by atomic mass is 32.2. The third-order valence-corrected chi connectivity index (χ3v) is 6.19. The van der Waals surface area contributed by atoms with Crippen LogP contribution in [-0.4, -0.2) is 41.2 Å². The van der Waals surface area contributed by atoms with Crippen molar-refractivity contribution in [2.24, 2.45) is 0 Å². The Morgan fingerprint density at radius 3 is 2.48 bits per heavy atom. The van der Waals surface area contributed by atoms with Crippen LogP contribution in [0.25, 0.3) is 0 Å². The van der Waals surface area contributed by atoms with E-state index in [0.29, 0.717) is 31.0 Å². The Hall–Kier alpha value is -2.58. The van der Waals surface area contributed by atoms with E-state index in [1.165, 1.54) is 7.11 Å². The fourth-order valence-corrected chi connectivity index (χ4v) is 4.80. The van der Waals surface area contributed by atoms with E-state index >= 15 is 0 Å². The molecule has 0 saturated carbocycles. The van der Waals surface area contributed by atoms with E-state index in [4.69, 9.17) is 9.47 Å². The zero-order valence-corrected chi connectivity index (χ0v) is 17.9. The van der Waals surface area contributed by atoms with Crippen LogP contribution >= 0.6 is 0 Å². The van der Waals surface area contributed by atoms with E-state index < -0.39 is 10.0 Å². The Bertz CT molecular complexity index is 1010. The topological polar surface area (TPSA) is 84.9 Å². The van der Waals surface area contributed by atoms with Gasteiger partial charge in [-0.3, -0.25) is 9.52 Å². The summed E-state index contributed by atoms with van der Waals surface area (Å²) in [5.74, 6) is 0.602. The molecule has 156 valence electrons. The predicted molar refractivity (Wildman–Crippen MR) is 112 cm³/mol. The summed E-state index contributed by atoms with van der Waals surface area (Å²) in [6.07, 6.45) is 0.668. The zero-order chi connectivity index (χ0) is 21.2. The smallest absolute Gasteiger partial charge is 0.261 e. The zero-order valence-electron chi connectivity index (χ0n) is 17.1. The summed E-state index contributed by atoms with van der Waals surface area (Å²) in [7, 11) is -2.27. The number of hydrogen-bond donors (Lipinski definition) is 1. The molecule has 0 aliphatic carbocycles. The maximum Gasteiger partial charge on any atom is 0.261 e. The van der Waals surface area contributed by atoms with Gasteiger partial charge in [0.1, 0.15) is 12.4 Å². The lowest BCUT2D eigenvalue weighted by Crippen LogP contribution is -2.31. The number of ether oxygens (including phenoxy) is 2. The Kier molecular flexibility index (Phi) is 6.14. The molecule has 0 unspecified atom stereocenters. The summed E-state index contributed by atoms with van der Waals surface area (Å²) in [5, 5.41) is 0. The van der Waals surface area contributed by atoms with Crippen molar-refractivity contribution in [3.05, 3.63) is 47.0 Å². The van der Waals surface area contributed by atoms with Gasteiger partial charge in [0, 0.05) is 25.0 Å². The number of carbonyl (C=O) groups is 1. The predicted octanol–water partition coefficient (Wildman–Crippen LogP) is 3.04. The number of nitrogens with zero attached hydrogens (tertiary/aromatic N) is 1. The summed E-state index contributed by atoms with van der Waals surface area (Å²) in [6, 6.07) is 8.43. The molecule has 3 rings (SSSR count). The Morgan fingerprint density at radius 2 is 1.86 bits per heavy atom. The molecule has 1 amide bonds. The number of amides is 1. The summed E-state index contributed by atoms with van der Waals surface area (Å²) in [6.45, 7) is 6.65. The van der Waals surface area contributed by atoms with E-state index in [1.54, 1.807) is 35.2 Å². The lowest BCUT2D eigenvalue weighted by molar-refractivity contribution is -0.122. The van der Waals surface area contributed by atoms with Gasteiger partial charge in [0.25, 0.3) is 15.9 Å². The van der Waals surface area contributed by atoms with Crippen molar-refractivity contribution < 1.29 is 22.7 Å². The summed E-state index contributed by atoms with van der Waals surface area (Å²) < 4.78 is 39.0. The minimum Gasteiger partial charge on any atom is -0.493 e. The summed E-state index contributed by atoms with van der Waals surface area (Å²) in [5.41, 5.74) is 3.73. The Balaban J connectivity index is 1.84. The van der Waals surface area contributed by atoms with Gasteiger partial charge < -0.3 is 14.4 Å². The van der Waals surface area contributed by atoms with Crippen molar-refractivity contribution in [3.63, 3.8) is 0 Å². The highest BCUT2D eigenvalue weighted by Gasteiger charge is 2.25. The van der Waals surface area contributed by atoms with Crippen molar-refractivity contribution in [3.8, 4) is 5.75 Å². The summed E-state index contributed by atoms with van der Waals surface area (Å²) in [4.78, 5) is 14.0. The monoisotopic (exact) mass is 418 g/mol. The molecule has 29 heavy (non-hydrogen) atoms. The van der Waals surface area contributed by atoms with E-state index in [9.17, 15) is 13.2 Å². The number of sulfonamides is 1. The first kappa shape index (κ1) is 21.1. The molecule has 0 atom stereocenters. The van der Waals surface area contributed by atoms with E-state index in [2.05, 4.69) is 4.72 Å². The SMILES string of the molecule is CCOc1c(C)cc(S(=O)(=O)Nc2ccc3c(c2)CCN3C(=O)COC)cc1C. The maximum atomic E-state index is 12.9. The van der Waals surface area contributed by atoms with Gasteiger partial charge in [0.05, 0.1) is 11.5 Å². The number of hydrogen-bond acceptors (Lipinski definition) is 5. The quantitative estimate of drug-likeness (QED) is 0.747. The van der Waals surface area contributed by atoms with Gasteiger partial charge in [0.2, 0.25) is 0 Å². The van der Waals surface area contributed by atoms with Gasteiger partial charge in [0.15, 0.2) is 0 Å². The second kappa shape index (κ2) is 8.42. The van der Waals surface area contributed by atoms with Crippen molar-refractivity contribution in [2.75, 3.05) is 36.5 Å². The number of nitrogens with one attached hydrogen (secondary N) is 1. The van der Waals surface area contributed by atoms with Crippen LogP contribution in [0.2, 0.25) is 0 Å². The highest BCUT2D eigenvalue weighted by Crippen LogP contribution is 2.32. The molecule has 2 aromatic rings. The Labute approximate surface area is 171 Å². The van der Waals surface area contributed by atoms with Crippen LogP contribution in [0.4, 0.5) is 11.4 Å². The first-order valence-corrected chi connectivity index (χ1v) is 10.9. The Morgan fingerprint density at radius 1 is 1.17 bits per heavy atom. The van der Waals surface area contributed by atoms with Gasteiger partial charge in [-0.05, 0) is 74.2 Å². The molecule has 0 aromatic heterocycles. The molecule has 0 bridgehead atoms. The average Bonchev–Trinajstić information content (AvgIpc) is 3.07. The molecule has 7 nitrogen and oxygen atoms in total. The lowest BCUT2D eigenvalue weighted by Gasteiger charge is -2.17. The van der Waals surface area contributed by atoms with Crippen LogP contribution in [0.3, 0.4) is 0 Å². The third-order valence-electron chi connectivity index (χ3n) is 4.83. The van der Waals surface area contributed by atoms with Crippen LogP contribution in [0.5, 0.6) is 5.75 Å². The second-order valence-electron chi connectivity index (χ2n) is 7.00. The van der Waals surface area contributed by atoms with Gasteiger partial charge in [-0.15, -0.1) is 0 Å². The lowest BCUT2D eigenvalue weighted by atomic mass is 10.1. The molecule has 1 aliphatic heterocycles. The van der Waals surface area contributed by atoms with Gasteiger partial charge in [-0.25, -0.2) is 8.42 Å². The second-order valence-corrected chi connectivity index (χ2v) is 8.68. The van der Waals surface area contributed by atoms with Crippen molar-refractivity contribution in [2.45, 2.75) is 32.1 Å². The number of benzene rings is 2. The molecule has 0 saturated heterocycles. The third kappa shape index (κ3) is 4.38. The number of aryl methyl sites for hydroxylation is 2. The number of carbonyl (C=O) groups excluding carboxylic acids is 1. The molecule has 0 radical (unpaired) electrons. The van der Waals surface area contributed by atoms with E-state index in [0.717, 1.165) is 22.4 Å². The fraction of sp³-hybridized carbons (Fsp3) is 0.381. The van der Waals surface area contributed by atoms with Gasteiger partial charge >= 0.3 is 0 Å². The van der Waals surface area contributed by atoms with Crippen LogP contribution in [0.1, 0.15) is 23.6 Å². The van der Waals surface area contributed by atoms with Crippen molar-refractivity contribution in [1.29, 1.82) is 0 Å². The molecule has 1 heterocycles. The molecule has 1 N–H and O–H groups in total.